The summed E-state index contributed by atoms with van der Waals surface area (Å²) in [4.78, 5) is 4.37. The van der Waals surface area contributed by atoms with E-state index in [4.69, 9.17) is 14.6 Å². The molecule has 0 fully saturated rings. The molecule has 0 atom stereocenters. The van der Waals surface area contributed by atoms with E-state index < -0.39 is 32.6 Å². The molecule has 0 spiro atoms. The SMILES string of the molecule is CC#N.CCOCCCNc1cc(C)cc(NCCS(=O)(=O)CCOS(=O)(=O)O)n1. The zero-order valence-electron chi connectivity index (χ0n) is 17.4. The number of nitrogens with zero attached hydrogens (tertiary/aromatic N) is 2. The van der Waals surface area contributed by atoms with Crippen LogP contribution in [-0.4, -0.2) is 70.8 Å². The number of nitrogens with one attached hydrogen (secondary N) is 2. The van der Waals surface area contributed by atoms with Crippen molar-refractivity contribution in [1.29, 1.82) is 5.26 Å². The number of sulfone groups is 1. The predicted molar refractivity (Wildman–Crippen MR) is 115 cm³/mol. The van der Waals surface area contributed by atoms with Crippen LogP contribution in [0.25, 0.3) is 0 Å². The molecule has 0 radical (unpaired) electrons. The second-order valence-electron chi connectivity index (χ2n) is 5.94. The van der Waals surface area contributed by atoms with Crippen molar-refractivity contribution >= 4 is 31.9 Å². The highest BCUT2D eigenvalue weighted by Crippen LogP contribution is 2.13. The Morgan fingerprint density at radius 2 is 1.67 bits per heavy atom. The minimum Gasteiger partial charge on any atom is -0.382 e. The van der Waals surface area contributed by atoms with Gasteiger partial charge in [-0.25, -0.2) is 17.6 Å². The van der Waals surface area contributed by atoms with Gasteiger partial charge in [-0.05, 0) is 38.0 Å². The normalized spacial score (nSPS) is 11.2. The second kappa shape index (κ2) is 14.9. The zero-order valence-corrected chi connectivity index (χ0v) is 19.1. The van der Waals surface area contributed by atoms with Crippen molar-refractivity contribution in [2.24, 2.45) is 0 Å². The molecule has 0 aliphatic heterocycles. The summed E-state index contributed by atoms with van der Waals surface area (Å²) < 4.78 is 62.2. The van der Waals surface area contributed by atoms with Crippen LogP contribution < -0.4 is 10.6 Å². The molecule has 0 unspecified atom stereocenters. The fourth-order valence-corrected chi connectivity index (χ4v) is 3.44. The molecule has 0 aliphatic rings. The molecular formula is C17H30N4O7S2. The van der Waals surface area contributed by atoms with Gasteiger partial charge in [0.25, 0.3) is 0 Å². The Kier molecular flexibility index (Phi) is 13.9. The van der Waals surface area contributed by atoms with Crippen molar-refractivity contribution in [3.8, 4) is 6.07 Å². The largest absolute Gasteiger partial charge is 0.397 e. The molecule has 1 aromatic heterocycles. The van der Waals surface area contributed by atoms with Crippen molar-refractivity contribution < 1.29 is 30.3 Å². The highest BCUT2D eigenvalue weighted by atomic mass is 32.3. The molecule has 13 heteroatoms. The van der Waals surface area contributed by atoms with Crippen LogP contribution in [0, 0.1) is 18.3 Å². The van der Waals surface area contributed by atoms with Gasteiger partial charge in [-0.15, -0.1) is 0 Å². The van der Waals surface area contributed by atoms with Crippen LogP contribution in [0.4, 0.5) is 11.6 Å². The number of hydrogen-bond donors (Lipinski definition) is 3. The Labute approximate surface area is 178 Å². The average Bonchev–Trinajstić information content (AvgIpc) is 2.60. The summed E-state index contributed by atoms with van der Waals surface area (Å²) in [5, 5.41) is 13.4. The first kappa shape index (κ1) is 28.0. The van der Waals surface area contributed by atoms with Gasteiger partial charge >= 0.3 is 10.4 Å². The van der Waals surface area contributed by atoms with Crippen molar-refractivity contribution in [1.82, 2.24) is 4.98 Å². The highest BCUT2D eigenvalue weighted by Gasteiger charge is 2.13. The number of rotatable bonds is 14. The van der Waals surface area contributed by atoms with Crippen LogP contribution in [-0.2, 0) is 29.2 Å². The number of pyridine rings is 1. The highest BCUT2D eigenvalue weighted by molar-refractivity contribution is 7.91. The van der Waals surface area contributed by atoms with Gasteiger partial charge in [-0.3, -0.25) is 4.55 Å². The van der Waals surface area contributed by atoms with E-state index in [1.807, 2.05) is 19.9 Å². The third-order valence-electron chi connectivity index (χ3n) is 3.29. The average molecular weight is 467 g/mol. The fourth-order valence-electron chi connectivity index (χ4n) is 2.09. The lowest BCUT2D eigenvalue weighted by atomic mass is 10.3. The Bertz CT molecular complexity index is 869. The molecule has 11 nitrogen and oxygen atoms in total. The van der Waals surface area contributed by atoms with E-state index in [9.17, 15) is 16.8 Å². The van der Waals surface area contributed by atoms with Gasteiger partial charge in [-0.2, -0.15) is 13.7 Å². The monoisotopic (exact) mass is 466 g/mol. The van der Waals surface area contributed by atoms with Crippen LogP contribution in [0.2, 0.25) is 0 Å². The fraction of sp³-hybridized carbons (Fsp3) is 0.647. The van der Waals surface area contributed by atoms with E-state index in [0.717, 1.165) is 12.0 Å². The first-order valence-electron chi connectivity index (χ1n) is 9.20. The predicted octanol–water partition coefficient (Wildman–Crippen LogP) is 1.40. The quantitative estimate of drug-likeness (QED) is 0.268. The molecule has 3 N–H and O–H groups in total. The molecule has 0 saturated carbocycles. The lowest BCUT2D eigenvalue weighted by Gasteiger charge is -2.11. The minimum absolute atomic E-state index is 0.106. The number of aromatic nitrogens is 1. The van der Waals surface area contributed by atoms with Gasteiger partial charge in [0, 0.05) is 33.2 Å². The molecule has 0 bridgehead atoms. The molecule has 1 heterocycles. The third kappa shape index (κ3) is 15.9. The minimum atomic E-state index is -4.64. The summed E-state index contributed by atoms with van der Waals surface area (Å²) in [5.74, 6) is 0.474. The maximum atomic E-state index is 11.8. The summed E-state index contributed by atoms with van der Waals surface area (Å²) in [6.45, 7) is 6.81. The lowest BCUT2D eigenvalue weighted by molar-refractivity contribution is 0.147. The van der Waals surface area contributed by atoms with E-state index in [1.165, 1.54) is 6.92 Å². The van der Waals surface area contributed by atoms with Crippen molar-refractivity contribution in [2.45, 2.75) is 27.2 Å². The number of anilines is 2. The van der Waals surface area contributed by atoms with Crippen molar-refractivity contribution in [3.63, 3.8) is 0 Å². The Morgan fingerprint density at radius 3 is 2.20 bits per heavy atom. The topological polar surface area (TPSA) is 168 Å². The molecule has 0 aromatic carbocycles. The van der Waals surface area contributed by atoms with Crippen LogP contribution >= 0.6 is 0 Å². The summed E-state index contributed by atoms with van der Waals surface area (Å²) in [7, 11) is -8.18. The molecule has 172 valence electrons. The molecule has 1 rings (SSSR count). The number of nitriles is 1. The van der Waals surface area contributed by atoms with Crippen molar-refractivity contribution in [2.75, 3.05) is 55.0 Å². The van der Waals surface area contributed by atoms with E-state index in [-0.39, 0.29) is 12.3 Å². The summed E-state index contributed by atoms with van der Waals surface area (Å²) in [6, 6.07) is 5.43. The van der Waals surface area contributed by atoms with Gasteiger partial charge in [0.05, 0.1) is 24.2 Å². The second-order valence-corrected chi connectivity index (χ2v) is 9.34. The molecular weight excluding hydrogens is 436 g/mol. The summed E-state index contributed by atoms with van der Waals surface area (Å²) in [6.07, 6.45) is 0.843. The van der Waals surface area contributed by atoms with Gasteiger partial charge in [0.2, 0.25) is 0 Å². The lowest BCUT2D eigenvalue weighted by Crippen LogP contribution is -2.22. The van der Waals surface area contributed by atoms with E-state index in [1.54, 1.807) is 12.1 Å². The van der Waals surface area contributed by atoms with E-state index >= 15 is 0 Å². The Morgan fingerprint density at radius 1 is 1.10 bits per heavy atom. The molecule has 1 aromatic rings. The van der Waals surface area contributed by atoms with Gasteiger partial charge < -0.3 is 15.4 Å². The maximum Gasteiger partial charge on any atom is 0.397 e. The van der Waals surface area contributed by atoms with E-state index in [2.05, 4.69) is 19.8 Å². The van der Waals surface area contributed by atoms with Crippen LogP contribution in [0.1, 0.15) is 25.8 Å². The van der Waals surface area contributed by atoms with Gasteiger partial charge in [0.1, 0.15) is 11.6 Å². The van der Waals surface area contributed by atoms with Crippen LogP contribution in [0.3, 0.4) is 0 Å². The first-order chi connectivity index (χ1) is 14.0. The maximum absolute atomic E-state index is 11.8. The van der Waals surface area contributed by atoms with Gasteiger partial charge in [-0.1, -0.05) is 0 Å². The Hall–Kier alpha value is -1.98. The number of ether oxygens (including phenoxy) is 1. The molecule has 30 heavy (non-hydrogen) atoms. The smallest absolute Gasteiger partial charge is 0.382 e. The first-order valence-corrected chi connectivity index (χ1v) is 12.4. The summed E-state index contributed by atoms with van der Waals surface area (Å²) in [5.41, 5.74) is 0.962. The molecule has 0 aliphatic carbocycles. The summed E-state index contributed by atoms with van der Waals surface area (Å²) >= 11 is 0. The van der Waals surface area contributed by atoms with Crippen molar-refractivity contribution in [3.05, 3.63) is 17.7 Å². The number of aryl methyl sites for hydroxylation is 1. The van der Waals surface area contributed by atoms with Crippen LogP contribution in [0.15, 0.2) is 12.1 Å². The van der Waals surface area contributed by atoms with Crippen LogP contribution in [0.5, 0.6) is 0 Å². The zero-order chi connectivity index (χ0) is 23.0. The van der Waals surface area contributed by atoms with E-state index in [0.29, 0.717) is 31.4 Å². The number of hydrogen-bond acceptors (Lipinski definition) is 10. The molecule has 0 saturated heterocycles. The molecule has 0 amide bonds. The standard InChI is InChI=1S/C15H27N3O7S2.C2H3N/c1-3-24-7-4-5-16-14-11-13(2)12-15(18-14)17-6-9-26(19,20)10-8-25-27(21,22)23;1-2-3/h11-12H,3-10H2,1-2H3,(H2,16,17,18)(H,21,22,23);1H3. The Balaban J connectivity index is 0.00000263. The third-order valence-corrected chi connectivity index (χ3v) is 5.37. The van der Waals surface area contributed by atoms with Gasteiger partial charge in [0.15, 0.2) is 9.84 Å².